The van der Waals surface area contributed by atoms with E-state index in [0.717, 1.165) is 0 Å². The van der Waals surface area contributed by atoms with Crippen molar-refractivity contribution in [1.82, 2.24) is 19.6 Å². The Bertz CT molecular complexity index is 1180. The van der Waals surface area contributed by atoms with E-state index >= 15 is 4.39 Å². The van der Waals surface area contributed by atoms with Crippen LogP contribution in [0.2, 0.25) is 0 Å². The zero-order chi connectivity index (χ0) is 25.6. The van der Waals surface area contributed by atoms with Crippen LogP contribution in [-0.2, 0) is 0 Å². The highest BCUT2D eigenvalue weighted by Crippen LogP contribution is 2.44. The number of alkyl halides is 2. The molecule has 2 aromatic rings. The number of nitrogens with zero attached hydrogens (tertiary/aromatic N) is 6. The summed E-state index contributed by atoms with van der Waals surface area (Å²) < 4.78 is 50.0. The molecule has 12 heteroatoms. The molecule has 0 saturated carbocycles. The molecule has 2 aliphatic heterocycles. The van der Waals surface area contributed by atoms with Gasteiger partial charge in [-0.25, -0.2) is 22.8 Å². The first-order valence-corrected chi connectivity index (χ1v) is 11.2. The van der Waals surface area contributed by atoms with Crippen LogP contribution in [0.1, 0.15) is 66.3 Å². The van der Waals surface area contributed by atoms with Crippen molar-refractivity contribution >= 4 is 12.2 Å². The molecule has 1 saturated heterocycles. The quantitative estimate of drug-likeness (QED) is 0.612. The fourth-order valence-corrected chi connectivity index (χ4v) is 4.80. The Balaban J connectivity index is 1.82. The first-order valence-electron chi connectivity index (χ1n) is 11.2. The monoisotopic (exact) mass is 491 g/mol. The zero-order valence-corrected chi connectivity index (χ0v) is 19.9. The van der Waals surface area contributed by atoms with E-state index in [-0.39, 0.29) is 34.2 Å². The number of aromatic nitrogens is 2. The summed E-state index contributed by atoms with van der Waals surface area (Å²) in [6, 6.07) is 2.53. The van der Waals surface area contributed by atoms with Gasteiger partial charge in [-0.3, -0.25) is 4.90 Å². The third-order valence-corrected chi connectivity index (χ3v) is 6.56. The number of benzene rings is 1. The minimum atomic E-state index is -2.87. The minimum Gasteiger partial charge on any atom is -0.496 e. The van der Waals surface area contributed by atoms with Crippen molar-refractivity contribution in [1.29, 1.82) is 5.26 Å². The number of hydrogen-bond donors (Lipinski definition) is 2. The summed E-state index contributed by atoms with van der Waals surface area (Å²) in [5.74, 6) is -0.512. The summed E-state index contributed by atoms with van der Waals surface area (Å²) in [7, 11) is 3.03. The number of rotatable bonds is 7. The SMILES string of the molecule is COc1c(C(C)n2nc(C(F)F)c3c2N=CN(C)C3N)cc(C#N)c(F)c1C1CN(C[C@H](C)O)C1. The average Bonchev–Trinajstić information content (AvgIpc) is 3.18. The number of nitriles is 1. The summed E-state index contributed by atoms with van der Waals surface area (Å²) in [5, 5.41) is 23.4. The number of nitrogens with two attached hydrogens (primary N) is 1. The molecule has 3 N–H and O–H groups in total. The molecule has 0 amide bonds. The molecule has 0 radical (unpaired) electrons. The third kappa shape index (κ3) is 4.24. The maximum Gasteiger partial charge on any atom is 0.282 e. The molecule has 9 nitrogen and oxygen atoms in total. The third-order valence-electron chi connectivity index (χ3n) is 6.56. The highest BCUT2D eigenvalue weighted by Gasteiger charge is 2.38. The highest BCUT2D eigenvalue weighted by molar-refractivity contribution is 5.67. The lowest BCUT2D eigenvalue weighted by Gasteiger charge is -2.41. The largest absolute Gasteiger partial charge is 0.496 e. The van der Waals surface area contributed by atoms with E-state index in [1.807, 2.05) is 11.0 Å². The molecule has 0 aliphatic carbocycles. The number of aliphatic hydroxyl groups is 1. The van der Waals surface area contributed by atoms with Crippen LogP contribution in [0.3, 0.4) is 0 Å². The zero-order valence-electron chi connectivity index (χ0n) is 19.9. The van der Waals surface area contributed by atoms with Crippen molar-refractivity contribution in [3.8, 4) is 11.8 Å². The predicted molar refractivity (Wildman–Crippen MR) is 122 cm³/mol. The topological polar surface area (TPSA) is 116 Å². The van der Waals surface area contributed by atoms with E-state index in [9.17, 15) is 19.1 Å². The molecule has 3 heterocycles. The van der Waals surface area contributed by atoms with Crippen LogP contribution in [0.25, 0.3) is 0 Å². The van der Waals surface area contributed by atoms with Gasteiger partial charge in [-0.15, -0.1) is 0 Å². The van der Waals surface area contributed by atoms with Crippen molar-refractivity contribution in [2.75, 3.05) is 33.8 Å². The average molecular weight is 492 g/mol. The number of methoxy groups -OCH3 is 1. The highest BCUT2D eigenvalue weighted by atomic mass is 19.3. The van der Waals surface area contributed by atoms with E-state index in [1.165, 1.54) is 29.1 Å². The Morgan fingerprint density at radius 1 is 1.31 bits per heavy atom. The van der Waals surface area contributed by atoms with Crippen LogP contribution in [0.15, 0.2) is 11.1 Å². The summed E-state index contributed by atoms with van der Waals surface area (Å²) in [6.07, 6.45) is -2.82. The molecule has 1 fully saturated rings. The van der Waals surface area contributed by atoms with Gasteiger partial charge in [-0.05, 0) is 19.9 Å². The van der Waals surface area contributed by atoms with Crippen LogP contribution in [0.4, 0.5) is 19.0 Å². The Morgan fingerprint density at radius 3 is 2.57 bits per heavy atom. The van der Waals surface area contributed by atoms with Gasteiger partial charge in [-0.2, -0.15) is 10.4 Å². The molecule has 35 heavy (non-hydrogen) atoms. The smallest absolute Gasteiger partial charge is 0.282 e. The Kier molecular flexibility index (Phi) is 6.77. The standard InChI is InChI=1S/C23H28F3N7O2/c1-11(34)7-32-8-14(9-32)16-18(24)13(6-27)5-15(20(16)35-4)12(2)33-23-17(19(30-33)21(25)26)22(28)31(3)10-29-23/h5,10-12,14,21-22,34H,7-9,28H2,1-4H3/t11-,12?,22?/m0/s1. The first-order chi connectivity index (χ1) is 16.6. The van der Waals surface area contributed by atoms with Gasteiger partial charge in [0, 0.05) is 43.7 Å². The van der Waals surface area contributed by atoms with E-state index in [2.05, 4.69) is 10.1 Å². The van der Waals surface area contributed by atoms with Crippen molar-refractivity contribution in [2.45, 2.75) is 44.5 Å². The molecule has 1 aromatic carbocycles. The van der Waals surface area contributed by atoms with Gasteiger partial charge in [0.2, 0.25) is 0 Å². The summed E-state index contributed by atoms with van der Waals surface area (Å²) >= 11 is 0. The van der Waals surface area contributed by atoms with Crippen molar-refractivity contribution < 1.29 is 23.0 Å². The number of β-amino-alcohol motifs (C(OH)–C–C–N with tert-alkyl or cyclic N) is 1. The van der Waals surface area contributed by atoms with Gasteiger partial charge in [0.1, 0.15) is 29.5 Å². The first kappa shape index (κ1) is 25.0. The van der Waals surface area contributed by atoms with Crippen molar-refractivity contribution in [2.24, 2.45) is 10.7 Å². The summed E-state index contributed by atoms with van der Waals surface area (Å²) in [5.41, 5.74) is 6.29. The van der Waals surface area contributed by atoms with Crippen LogP contribution in [-0.4, -0.2) is 70.9 Å². The molecule has 188 valence electrons. The second kappa shape index (κ2) is 9.49. The van der Waals surface area contributed by atoms with Gasteiger partial charge in [0.15, 0.2) is 5.82 Å². The maximum atomic E-state index is 15.4. The molecular weight excluding hydrogens is 463 g/mol. The molecule has 2 aliphatic rings. The van der Waals surface area contributed by atoms with Gasteiger partial charge in [0.25, 0.3) is 6.43 Å². The Morgan fingerprint density at radius 2 is 2.00 bits per heavy atom. The van der Waals surface area contributed by atoms with E-state index < -0.39 is 36.2 Å². The number of halogens is 3. The van der Waals surface area contributed by atoms with Crippen LogP contribution in [0, 0.1) is 17.1 Å². The molecule has 4 rings (SSSR count). The lowest BCUT2D eigenvalue weighted by Crippen LogP contribution is -2.48. The summed E-state index contributed by atoms with van der Waals surface area (Å²) in [4.78, 5) is 7.77. The second-order valence-electron chi connectivity index (χ2n) is 9.05. The Hall–Kier alpha value is -3.14. The van der Waals surface area contributed by atoms with E-state index in [4.69, 9.17) is 10.5 Å². The molecule has 0 bridgehead atoms. The van der Waals surface area contributed by atoms with Gasteiger partial charge in [-0.1, -0.05) is 0 Å². The predicted octanol–water partition coefficient (Wildman–Crippen LogP) is 2.79. The van der Waals surface area contributed by atoms with Crippen LogP contribution < -0.4 is 10.5 Å². The lowest BCUT2D eigenvalue weighted by atomic mass is 9.86. The molecular formula is C23H28F3N7O2. The molecule has 0 spiro atoms. The fraction of sp³-hybridized carbons (Fsp3) is 0.522. The molecule has 1 aromatic heterocycles. The number of aliphatic hydroxyl groups excluding tert-OH is 1. The van der Waals surface area contributed by atoms with E-state index in [1.54, 1.807) is 20.9 Å². The number of fused-ring (bicyclic) bond motifs is 1. The molecule has 2 unspecified atom stereocenters. The number of aliphatic imine (C=N–C) groups is 1. The van der Waals surface area contributed by atoms with E-state index in [0.29, 0.717) is 25.2 Å². The van der Waals surface area contributed by atoms with Gasteiger partial charge in [0.05, 0.1) is 36.7 Å². The van der Waals surface area contributed by atoms with Gasteiger partial charge < -0.3 is 20.5 Å². The number of hydrogen-bond acceptors (Lipinski definition) is 8. The maximum absolute atomic E-state index is 15.4. The fourth-order valence-electron chi connectivity index (χ4n) is 4.80. The summed E-state index contributed by atoms with van der Waals surface area (Å²) in [6.45, 7) is 4.79. The second-order valence-corrected chi connectivity index (χ2v) is 9.05. The number of ether oxygens (including phenoxy) is 1. The van der Waals surface area contributed by atoms with Crippen molar-refractivity contribution in [3.05, 3.63) is 39.8 Å². The lowest BCUT2D eigenvalue weighted by molar-refractivity contribution is 0.0723. The molecule has 3 atom stereocenters. The number of likely N-dealkylation sites (tertiary alicyclic amines) is 1. The van der Waals surface area contributed by atoms with Gasteiger partial charge >= 0.3 is 0 Å². The minimum absolute atomic E-state index is 0.117. The van der Waals surface area contributed by atoms with Crippen molar-refractivity contribution in [3.63, 3.8) is 0 Å². The van der Waals surface area contributed by atoms with Crippen LogP contribution in [0.5, 0.6) is 5.75 Å². The van der Waals surface area contributed by atoms with Crippen LogP contribution >= 0.6 is 0 Å². The normalized spacial score (nSPS) is 19.9. The Labute approximate surface area is 201 Å².